The third-order valence-corrected chi connectivity index (χ3v) is 3.15. The van der Waals surface area contributed by atoms with E-state index in [9.17, 15) is 4.79 Å². The Kier molecular flexibility index (Phi) is 4.12. The maximum atomic E-state index is 12.0. The largest absolute Gasteiger partial charge is 0.380 e. The molecule has 2 rings (SSSR count). The first-order chi connectivity index (χ1) is 9.17. The Labute approximate surface area is 112 Å². The highest BCUT2D eigenvalue weighted by atomic mass is 16.5. The van der Waals surface area contributed by atoms with E-state index in [-0.39, 0.29) is 5.56 Å². The van der Waals surface area contributed by atoms with Gasteiger partial charge >= 0.3 is 0 Å². The van der Waals surface area contributed by atoms with Crippen molar-refractivity contribution in [3.63, 3.8) is 0 Å². The molecule has 4 heteroatoms. The number of aromatic amines is 1. The summed E-state index contributed by atoms with van der Waals surface area (Å²) in [6, 6.07) is 7.79. The molecule has 0 unspecified atom stereocenters. The second kappa shape index (κ2) is 5.80. The zero-order chi connectivity index (χ0) is 13.8. The number of hydrogen-bond acceptors (Lipinski definition) is 3. The van der Waals surface area contributed by atoms with E-state index >= 15 is 0 Å². The highest BCUT2D eigenvalue weighted by molar-refractivity contribution is 5.60. The van der Waals surface area contributed by atoms with Crippen molar-refractivity contribution in [3.05, 3.63) is 51.4 Å². The molecule has 0 aliphatic rings. The van der Waals surface area contributed by atoms with Crippen LogP contribution in [-0.2, 0) is 17.8 Å². The summed E-state index contributed by atoms with van der Waals surface area (Å²) in [7, 11) is 1.65. The maximum Gasteiger partial charge on any atom is 0.254 e. The predicted octanol–water partition coefficient (Wildman–Crippen LogP) is 2.45. The molecule has 0 saturated heterocycles. The van der Waals surface area contributed by atoms with E-state index < -0.39 is 0 Å². The summed E-state index contributed by atoms with van der Waals surface area (Å²) in [5.74, 6) is 0.604. The number of nitrogens with one attached hydrogen (secondary N) is 1. The molecule has 1 N–H and O–H groups in total. The minimum atomic E-state index is -0.0581. The molecule has 0 spiro atoms. The first-order valence-corrected chi connectivity index (χ1v) is 6.34. The van der Waals surface area contributed by atoms with E-state index in [1.54, 1.807) is 7.11 Å². The van der Waals surface area contributed by atoms with E-state index in [0.717, 1.165) is 22.4 Å². The molecule has 4 nitrogen and oxygen atoms in total. The van der Waals surface area contributed by atoms with Crippen LogP contribution in [0.1, 0.15) is 23.7 Å². The van der Waals surface area contributed by atoms with Gasteiger partial charge in [0.2, 0.25) is 0 Å². The Morgan fingerprint density at radius 1 is 1.32 bits per heavy atom. The Bertz CT molecular complexity index is 632. The summed E-state index contributed by atoms with van der Waals surface area (Å²) < 4.78 is 5.18. The first-order valence-electron chi connectivity index (χ1n) is 6.34. The quantitative estimate of drug-likeness (QED) is 0.916. The maximum absolute atomic E-state index is 12.0. The number of rotatable bonds is 4. The van der Waals surface area contributed by atoms with E-state index in [1.807, 2.05) is 38.1 Å². The molecule has 0 bridgehead atoms. The SMILES string of the molecule is CCc1c(C)nc(-c2ccccc2COC)[nH]c1=O. The number of benzene rings is 1. The van der Waals surface area contributed by atoms with Gasteiger partial charge in [0.05, 0.1) is 6.61 Å². The number of aryl methyl sites for hydroxylation is 1. The fourth-order valence-corrected chi connectivity index (χ4v) is 2.19. The summed E-state index contributed by atoms with van der Waals surface area (Å²) in [4.78, 5) is 19.4. The number of H-pyrrole nitrogens is 1. The number of hydrogen-bond donors (Lipinski definition) is 1. The van der Waals surface area contributed by atoms with Gasteiger partial charge in [-0.3, -0.25) is 4.79 Å². The molecule has 1 aromatic heterocycles. The highest BCUT2D eigenvalue weighted by Crippen LogP contribution is 2.20. The van der Waals surface area contributed by atoms with Crippen molar-refractivity contribution in [1.82, 2.24) is 9.97 Å². The molecule has 0 radical (unpaired) electrons. The first kappa shape index (κ1) is 13.5. The summed E-state index contributed by atoms with van der Waals surface area (Å²) in [6.45, 7) is 4.32. The van der Waals surface area contributed by atoms with E-state index in [1.165, 1.54) is 0 Å². The predicted molar refractivity (Wildman–Crippen MR) is 75.1 cm³/mol. The molecule has 2 aromatic rings. The highest BCUT2D eigenvalue weighted by Gasteiger charge is 2.10. The molecule has 19 heavy (non-hydrogen) atoms. The van der Waals surface area contributed by atoms with Crippen LogP contribution in [0.2, 0.25) is 0 Å². The van der Waals surface area contributed by atoms with E-state index in [2.05, 4.69) is 9.97 Å². The Morgan fingerprint density at radius 3 is 2.68 bits per heavy atom. The summed E-state index contributed by atoms with van der Waals surface area (Å²) >= 11 is 0. The minimum absolute atomic E-state index is 0.0581. The van der Waals surface area contributed by atoms with Gasteiger partial charge in [0.1, 0.15) is 5.82 Å². The van der Waals surface area contributed by atoms with E-state index in [4.69, 9.17) is 4.74 Å². The molecule has 100 valence electrons. The van der Waals surface area contributed by atoms with Gasteiger partial charge in [-0.1, -0.05) is 31.2 Å². The van der Waals surface area contributed by atoms with Crippen molar-refractivity contribution in [2.45, 2.75) is 26.9 Å². The van der Waals surface area contributed by atoms with Crippen LogP contribution in [0.5, 0.6) is 0 Å². The monoisotopic (exact) mass is 258 g/mol. The fourth-order valence-electron chi connectivity index (χ4n) is 2.19. The second-order valence-electron chi connectivity index (χ2n) is 4.42. The molecule has 0 aliphatic carbocycles. The van der Waals surface area contributed by atoms with Gasteiger partial charge in [0, 0.05) is 23.9 Å². The second-order valence-corrected chi connectivity index (χ2v) is 4.42. The van der Waals surface area contributed by atoms with Gasteiger partial charge in [-0.25, -0.2) is 4.98 Å². The summed E-state index contributed by atoms with van der Waals surface area (Å²) in [6.07, 6.45) is 0.689. The third-order valence-electron chi connectivity index (χ3n) is 3.15. The number of aromatic nitrogens is 2. The van der Waals surface area contributed by atoms with Gasteiger partial charge in [0.25, 0.3) is 5.56 Å². The molecule has 0 fully saturated rings. The molecule has 0 amide bonds. The Hall–Kier alpha value is -1.94. The van der Waals surface area contributed by atoms with Crippen LogP contribution >= 0.6 is 0 Å². The molecule has 1 aromatic carbocycles. The molecule has 0 saturated carbocycles. The zero-order valence-electron chi connectivity index (χ0n) is 11.5. The van der Waals surface area contributed by atoms with Crippen LogP contribution in [0.15, 0.2) is 29.1 Å². The lowest BCUT2D eigenvalue weighted by molar-refractivity contribution is 0.185. The number of methoxy groups -OCH3 is 1. The van der Waals surface area contributed by atoms with Crippen LogP contribution in [-0.4, -0.2) is 17.1 Å². The van der Waals surface area contributed by atoms with Gasteiger partial charge in [-0.05, 0) is 18.9 Å². The van der Waals surface area contributed by atoms with Crippen molar-refractivity contribution in [2.75, 3.05) is 7.11 Å². The van der Waals surface area contributed by atoms with Crippen LogP contribution in [0.3, 0.4) is 0 Å². The fraction of sp³-hybridized carbons (Fsp3) is 0.333. The van der Waals surface area contributed by atoms with Crippen molar-refractivity contribution in [2.24, 2.45) is 0 Å². The zero-order valence-corrected chi connectivity index (χ0v) is 11.5. The Morgan fingerprint density at radius 2 is 2.05 bits per heavy atom. The van der Waals surface area contributed by atoms with Gasteiger partial charge < -0.3 is 9.72 Å². The van der Waals surface area contributed by atoms with Crippen molar-refractivity contribution < 1.29 is 4.74 Å². The molecule has 0 atom stereocenters. The Balaban J connectivity index is 2.57. The van der Waals surface area contributed by atoms with Crippen molar-refractivity contribution in [3.8, 4) is 11.4 Å². The van der Waals surface area contributed by atoms with Gasteiger partial charge in [-0.2, -0.15) is 0 Å². The topological polar surface area (TPSA) is 55.0 Å². The van der Waals surface area contributed by atoms with Crippen LogP contribution in [0.25, 0.3) is 11.4 Å². The number of ether oxygens (including phenoxy) is 1. The smallest absolute Gasteiger partial charge is 0.254 e. The van der Waals surface area contributed by atoms with Crippen molar-refractivity contribution >= 4 is 0 Å². The van der Waals surface area contributed by atoms with Gasteiger partial charge in [-0.15, -0.1) is 0 Å². The van der Waals surface area contributed by atoms with Crippen LogP contribution in [0, 0.1) is 6.92 Å². The average molecular weight is 258 g/mol. The summed E-state index contributed by atoms with van der Waals surface area (Å²) in [5, 5.41) is 0. The van der Waals surface area contributed by atoms with Crippen LogP contribution in [0.4, 0.5) is 0 Å². The standard InChI is InChI=1S/C15H18N2O2/c1-4-12-10(2)16-14(17-15(12)18)13-8-6-5-7-11(13)9-19-3/h5-8H,4,9H2,1-3H3,(H,16,17,18). The minimum Gasteiger partial charge on any atom is -0.380 e. The van der Waals surface area contributed by atoms with E-state index in [0.29, 0.717) is 18.9 Å². The lowest BCUT2D eigenvalue weighted by Gasteiger charge is -2.10. The molecule has 1 heterocycles. The molecule has 0 aliphatic heterocycles. The molecular formula is C15H18N2O2. The normalized spacial score (nSPS) is 10.7. The summed E-state index contributed by atoms with van der Waals surface area (Å²) in [5.41, 5.74) is 3.39. The third kappa shape index (κ3) is 2.74. The van der Waals surface area contributed by atoms with Crippen molar-refractivity contribution in [1.29, 1.82) is 0 Å². The lowest BCUT2D eigenvalue weighted by Crippen LogP contribution is -2.17. The number of nitrogens with zero attached hydrogens (tertiary/aromatic N) is 1. The lowest BCUT2D eigenvalue weighted by atomic mass is 10.1. The van der Waals surface area contributed by atoms with Crippen LogP contribution < -0.4 is 5.56 Å². The average Bonchev–Trinajstić information content (AvgIpc) is 2.39. The van der Waals surface area contributed by atoms with Gasteiger partial charge in [0.15, 0.2) is 0 Å². The molecular weight excluding hydrogens is 240 g/mol.